The van der Waals surface area contributed by atoms with Crippen LogP contribution < -0.4 is 4.90 Å². The number of cyclic esters (lactones) is 1. The Morgan fingerprint density at radius 3 is 3.06 bits per heavy atom. The molecule has 4 nitrogen and oxygen atoms in total. The molecule has 2 heterocycles. The molecule has 0 radical (unpaired) electrons. The molecule has 0 spiro atoms. The monoisotopic (exact) mass is 232 g/mol. The Balaban J connectivity index is 1.93. The van der Waals surface area contributed by atoms with E-state index in [1.165, 1.54) is 6.42 Å². The summed E-state index contributed by atoms with van der Waals surface area (Å²) in [7, 11) is 0. The van der Waals surface area contributed by atoms with Crippen molar-refractivity contribution in [2.45, 2.75) is 32.2 Å². The summed E-state index contributed by atoms with van der Waals surface area (Å²) in [6.07, 6.45) is 4.94. The molecule has 2 aliphatic rings. The van der Waals surface area contributed by atoms with Gasteiger partial charge in [0.05, 0.1) is 6.61 Å². The predicted octanol–water partition coefficient (Wildman–Crippen LogP) is 2.52. The molecular formula is C13H16N2O2. The number of pyridine rings is 1. The molecule has 0 aromatic carbocycles. The number of ether oxygens (including phenoxy) is 1. The number of aromatic nitrogens is 1. The summed E-state index contributed by atoms with van der Waals surface area (Å²) < 4.78 is 5.24. The zero-order valence-corrected chi connectivity index (χ0v) is 9.93. The average Bonchev–Trinajstić information content (AvgIpc) is 2.79. The van der Waals surface area contributed by atoms with Gasteiger partial charge in [-0.3, -0.25) is 4.90 Å². The number of anilines is 1. The molecule has 3 rings (SSSR count). The van der Waals surface area contributed by atoms with Crippen molar-refractivity contribution in [2.24, 2.45) is 5.92 Å². The zero-order chi connectivity index (χ0) is 11.8. The predicted molar refractivity (Wildman–Crippen MR) is 63.9 cm³/mol. The first-order valence-electron chi connectivity index (χ1n) is 6.14. The van der Waals surface area contributed by atoms with Crippen molar-refractivity contribution < 1.29 is 9.53 Å². The average molecular weight is 232 g/mol. The van der Waals surface area contributed by atoms with E-state index >= 15 is 0 Å². The minimum absolute atomic E-state index is 0.246. The normalized spacial score (nSPS) is 27.8. The largest absolute Gasteiger partial charge is 0.449 e. The number of hydrogen-bond donors (Lipinski definition) is 0. The summed E-state index contributed by atoms with van der Waals surface area (Å²) in [6, 6.07) is 4.16. The number of hydrogen-bond acceptors (Lipinski definition) is 3. The molecule has 0 N–H and O–H groups in total. The Morgan fingerprint density at radius 2 is 2.29 bits per heavy atom. The van der Waals surface area contributed by atoms with Crippen LogP contribution >= 0.6 is 0 Å². The van der Waals surface area contributed by atoms with Crippen LogP contribution in [0, 0.1) is 12.8 Å². The molecule has 17 heavy (non-hydrogen) atoms. The molecule has 0 unspecified atom stereocenters. The van der Waals surface area contributed by atoms with E-state index in [0.29, 0.717) is 12.5 Å². The zero-order valence-electron chi connectivity index (χ0n) is 9.93. The van der Waals surface area contributed by atoms with Crippen LogP contribution in [0.15, 0.2) is 18.3 Å². The molecule has 1 aliphatic carbocycles. The third-order valence-corrected chi connectivity index (χ3v) is 3.71. The van der Waals surface area contributed by atoms with E-state index in [1.807, 2.05) is 19.1 Å². The molecule has 2 fully saturated rings. The second-order valence-corrected chi connectivity index (χ2v) is 4.90. The van der Waals surface area contributed by atoms with Crippen molar-refractivity contribution in [3.63, 3.8) is 0 Å². The van der Waals surface area contributed by atoms with E-state index in [-0.39, 0.29) is 12.1 Å². The summed E-state index contributed by atoms with van der Waals surface area (Å²) in [5, 5.41) is 0. The van der Waals surface area contributed by atoms with E-state index < -0.39 is 0 Å². The van der Waals surface area contributed by atoms with Crippen LogP contribution in [-0.2, 0) is 4.74 Å². The first-order chi connectivity index (χ1) is 8.25. The number of carbonyl (C=O) groups is 1. The highest BCUT2D eigenvalue weighted by Crippen LogP contribution is 2.35. The van der Waals surface area contributed by atoms with E-state index in [4.69, 9.17) is 4.74 Å². The summed E-state index contributed by atoms with van der Waals surface area (Å²) in [5.74, 6) is 1.20. The maximum Gasteiger partial charge on any atom is 0.415 e. The van der Waals surface area contributed by atoms with Gasteiger partial charge in [0, 0.05) is 18.2 Å². The highest BCUT2D eigenvalue weighted by Gasteiger charge is 2.41. The summed E-state index contributed by atoms with van der Waals surface area (Å²) in [6.45, 7) is 2.57. The van der Waals surface area contributed by atoms with Gasteiger partial charge in [-0.2, -0.15) is 0 Å². The number of amides is 1. The van der Waals surface area contributed by atoms with Crippen LogP contribution in [0.25, 0.3) is 0 Å². The fourth-order valence-corrected chi connectivity index (χ4v) is 2.80. The molecule has 2 atom stereocenters. The Morgan fingerprint density at radius 1 is 1.41 bits per heavy atom. The molecule has 4 heteroatoms. The Bertz CT molecular complexity index is 430. The van der Waals surface area contributed by atoms with Crippen LogP contribution in [-0.4, -0.2) is 23.7 Å². The summed E-state index contributed by atoms with van der Waals surface area (Å²) in [5.41, 5.74) is 1.10. The van der Waals surface area contributed by atoms with Crippen molar-refractivity contribution in [1.29, 1.82) is 0 Å². The lowest BCUT2D eigenvalue weighted by Gasteiger charge is -2.35. The topological polar surface area (TPSA) is 42.4 Å². The third-order valence-electron chi connectivity index (χ3n) is 3.71. The first kappa shape index (κ1) is 10.6. The molecule has 90 valence electrons. The van der Waals surface area contributed by atoms with Crippen molar-refractivity contribution in [3.05, 3.63) is 23.9 Å². The van der Waals surface area contributed by atoms with Gasteiger partial charge in [-0.05, 0) is 31.4 Å². The minimum atomic E-state index is -0.246. The second-order valence-electron chi connectivity index (χ2n) is 4.90. The van der Waals surface area contributed by atoms with Gasteiger partial charge < -0.3 is 4.74 Å². The summed E-state index contributed by atoms with van der Waals surface area (Å²) in [4.78, 5) is 18.0. The number of nitrogens with zero attached hydrogens (tertiary/aromatic N) is 2. The van der Waals surface area contributed by atoms with E-state index in [1.54, 1.807) is 11.1 Å². The quantitative estimate of drug-likeness (QED) is 0.747. The Hall–Kier alpha value is -1.58. The highest BCUT2D eigenvalue weighted by atomic mass is 16.6. The van der Waals surface area contributed by atoms with Gasteiger partial charge >= 0.3 is 6.09 Å². The van der Waals surface area contributed by atoms with E-state index in [0.717, 1.165) is 24.2 Å². The van der Waals surface area contributed by atoms with Gasteiger partial charge in [-0.1, -0.05) is 12.5 Å². The highest BCUT2D eigenvalue weighted by molar-refractivity contribution is 5.88. The third kappa shape index (κ3) is 1.77. The van der Waals surface area contributed by atoms with Gasteiger partial charge in [-0.15, -0.1) is 0 Å². The Labute approximate surface area is 101 Å². The number of rotatable bonds is 1. The maximum absolute atomic E-state index is 11.9. The van der Waals surface area contributed by atoms with Crippen molar-refractivity contribution in [2.75, 3.05) is 11.5 Å². The number of fused-ring (bicyclic) bond motifs is 1. The van der Waals surface area contributed by atoms with Gasteiger partial charge in [-0.25, -0.2) is 9.78 Å². The molecule has 1 amide bonds. The molecule has 1 saturated carbocycles. The molecular weight excluding hydrogens is 216 g/mol. The maximum atomic E-state index is 11.9. The summed E-state index contributed by atoms with van der Waals surface area (Å²) >= 11 is 0. The van der Waals surface area contributed by atoms with Crippen LogP contribution in [0.2, 0.25) is 0 Å². The van der Waals surface area contributed by atoms with Gasteiger partial charge in [0.1, 0.15) is 5.82 Å². The van der Waals surface area contributed by atoms with Crippen LogP contribution in [0.1, 0.15) is 24.8 Å². The van der Waals surface area contributed by atoms with Crippen molar-refractivity contribution in [1.82, 2.24) is 4.98 Å². The lowest BCUT2D eigenvalue weighted by Crippen LogP contribution is -2.49. The van der Waals surface area contributed by atoms with Crippen molar-refractivity contribution >= 4 is 11.9 Å². The smallest absolute Gasteiger partial charge is 0.415 e. The molecule has 1 saturated heterocycles. The second kappa shape index (κ2) is 4.02. The lowest BCUT2D eigenvalue weighted by molar-refractivity contribution is 0.104. The van der Waals surface area contributed by atoms with Crippen LogP contribution in [0.5, 0.6) is 0 Å². The molecule has 1 aromatic heterocycles. The molecule has 0 bridgehead atoms. The van der Waals surface area contributed by atoms with Gasteiger partial charge in [0.15, 0.2) is 0 Å². The van der Waals surface area contributed by atoms with Gasteiger partial charge in [0.25, 0.3) is 0 Å². The van der Waals surface area contributed by atoms with E-state index in [9.17, 15) is 4.79 Å². The van der Waals surface area contributed by atoms with Crippen LogP contribution in [0.3, 0.4) is 0 Å². The molecule has 1 aliphatic heterocycles. The number of aryl methyl sites for hydroxylation is 1. The Kier molecular flexibility index (Phi) is 2.50. The fraction of sp³-hybridized carbons (Fsp3) is 0.538. The van der Waals surface area contributed by atoms with E-state index in [2.05, 4.69) is 4.98 Å². The van der Waals surface area contributed by atoms with Gasteiger partial charge in [0.2, 0.25) is 0 Å². The SMILES string of the molecule is Cc1ccc(N2C(=O)OC[C@H]3CCC[C@H]32)nc1. The standard InChI is InChI=1S/C13H16N2O2/c1-9-5-6-12(14-7-9)15-11-4-2-3-10(11)8-17-13(15)16/h5-7,10-11H,2-4,8H2,1H3/t10-,11-/m1/s1. The van der Waals surface area contributed by atoms with Crippen molar-refractivity contribution in [3.8, 4) is 0 Å². The minimum Gasteiger partial charge on any atom is -0.449 e. The first-order valence-corrected chi connectivity index (χ1v) is 6.14. The number of carbonyl (C=O) groups excluding carboxylic acids is 1. The lowest BCUT2D eigenvalue weighted by atomic mass is 10.0. The fourth-order valence-electron chi connectivity index (χ4n) is 2.80. The van der Waals surface area contributed by atoms with Crippen LogP contribution in [0.4, 0.5) is 10.6 Å². The molecule has 1 aromatic rings.